The number of hydrogen-bond acceptors (Lipinski definition) is 3. The SMILES string of the molecule is CCSC1CCC(N2CCNC(C3CC3)C2)C1. The second-order valence-electron chi connectivity index (χ2n) is 5.94. The summed E-state index contributed by atoms with van der Waals surface area (Å²) in [6.45, 7) is 6.14. The minimum absolute atomic E-state index is 0.821. The molecule has 0 spiro atoms. The maximum Gasteiger partial charge on any atom is 0.0223 e. The van der Waals surface area contributed by atoms with Gasteiger partial charge in [0.2, 0.25) is 0 Å². The Morgan fingerprint density at radius 1 is 1.24 bits per heavy atom. The predicted molar refractivity (Wildman–Crippen MR) is 75.6 cm³/mol. The van der Waals surface area contributed by atoms with Gasteiger partial charge in [-0.1, -0.05) is 6.92 Å². The fourth-order valence-electron chi connectivity index (χ4n) is 3.58. The molecule has 17 heavy (non-hydrogen) atoms. The Balaban J connectivity index is 1.50. The quantitative estimate of drug-likeness (QED) is 0.829. The highest BCUT2D eigenvalue weighted by atomic mass is 32.2. The first-order valence-electron chi connectivity index (χ1n) is 7.46. The van der Waals surface area contributed by atoms with Crippen LogP contribution >= 0.6 is 11.8 Å². The molecule has 0 radical (unpaired) electrons. The maximum absolute atomic E-state index is 3.72. The lowest BCUT2D eigenvalue weighted by atomic mass is 10.1. The molecule has 1 heterocycles. The molecular weight excluding hydrogens is 228 g/mol. The van der Waals surface area contributed by atoms with Gasteiger partial charge in [0.25, 0.3) is 0 Å². The van der Waals surface area contributed by atoms with Gasteiger partial charge in [-0.2, -0.15) is 11.8 Å². The van der Waals surface area contributed by atoms with Crippen LogP contribution in [0, 0.1) is 5.92 Å². The summed E-state index contributed by atoms with van der Waals surface area (Å²) in [5.74, 6) is 2.31. The topological polar surface area (TPSA) is 15.3 Å². The minimum Gasteiger partial charge on any atom is -0.311 e. The fraction of sp³-hybridized carbons (Fsp3) is 1.00. The third kappa shape index (κ3) is 2.99. The number of nitrogens with zero attached hydrogens (tertiary/aromatic N) is 1. The molecule has 1 saturated heterocycles. The van der Waals surface area contributed by atoms with E-state index in [1.165, 1.54) is 57.5 Å². The predicted octanol–water partition coefficient (Wildman–Crippen LogP) is 2.34. The van der Waals surface area contributed by atoms with Crippen molar-refractivity contribution in [1.82, 2.24) is 10.2 Å². The van der Waals surface area contributed by atoms with E-state index in [1.807, 2.05) is 0 Å². The number of hydrogen-bond donors (Lipinski definition) is 1. The molecule has 0 bridgehead atoms. The van der Waals surface area contributed by atoms with Gasteiger partial charge in [0.05, 0.1) is 0 Å². The van der Waals surface area contributed by atoms with Crippen LogP contribution in [0.3, 0.4) is 0 Å². The normalized spacial score (nSPS) is 39.7. The van der Waals surface area contributed by atoms with Crippen molar-refractivity contribution in [2.45, 2.75) is 56.4 Å². The van der Waals surface area contributed by atoms with Crippen LogP contribution in [0.15, 0.2) is 0 Å². The van der Waals surface area contributed by atoms with Crippen LogP contribution in [-0.2, 0) is 0 Å². The largest absolute Gasteiger partial charge is 0.311 e. The van der Waals surface area contributed by atoms with Gasteiger partial charge in [0, 0.05) is 37.0 Å². The molecular formula is C14H26N2S. The van der Waals surface area contributed by atoms with Crippen molar-refractivity contribution in [2.75, 3.05) is 25.4 Å². The van der Waals surface area contributed by atoms with E-state index >= 15 is 0 Å². The fourth-order valence-corrected chi connectivity index (χ4v) is 4.72. The van der Waals surface area contributed by atoms with E-state index in [4.69, 9.17) is 0 Å². The molecule has 0 aromatic heterocycles. The van der Waals surface area contributed by atoms with Crippen molar-refractivity contribution in [3.8, 4) is 0 Å². The van der Waals surface area contributed by atoms with Gasteiger partial charge < -0.3 is 5.32 Å². The van der Waals surface area contributed by atoms with Crippen molar-refractivity contribution < 1.29 is 0 Å². The highest BCUT2D eigenvalue weighted by Crippen LogP contribution is 2.36. The molecule has 3 heteroatoms. The lowest BCUT2D eigenvalue weighted by Gasteiger charge is -2.37. The Labute approximate surface area is 110 Å². The van der Waals surface area contributed by atoms with E-state index in [0.717, 1.165) is 23.3 Å². The third-order valence-corrected chi connectivity index (χ3v) is 5.94. The highest BCUT2D eigenvalue weighted by molar-refractivity contribution is 7.99. The van der Waals surface area contributed by atoms with Crippen LogP contribution in [0.4, 0.5) is 0 Å². The average molecular weight is 254 g/mol. The summed E-state index contributed by atoms with van der Waals surface area (Å²) in [5.41, 5.74) is 0. The maximum atomic E-state index is 3.72. The van der Waals surface area contributed by atoms with Crippen molar-refractivity contribution in [3.63, 3.8) is 0 Å². The van der Waals surface area contributed by atoms with Gasteiger partial charge in [0.1, 0.15) is 0 Å². The second kappa shape index (κ2) is 5.50. The van der Waals surface area contributed by atoms with Crippen LogP contribution in [-0.4, -0.2) is 47.6 Å². The molecule has 1 N–H and O–H groups in total. The van der Waals surface area contributed by atoms with Crippen LogP contribution in [0.1, 0.15) is 39.0 Å². The third-order valence-electron chi connectivity index (χ3n) is 4.70. The number of nitrogens with one attached hydrogen (secondary N) is 1. The minimum atomic E-state index is 0.821. The molecule has 2 aliphatic carbocycles. The van der Waals surface area contributed by atoms with Crippen LogP contribution in [0.5, 0.6) is 0 Å². The molecule has 3 aliphatic rings. The zero-order valence-electron chi connectivity index (χ0n) is 11.0. The molecule has 3 atom stereocenters. The standard InChI is InChI=1S/C14H26N2S/c1-2-17-13-6-5-12(9-13)16-8-7-15-14(10-16)11-3-4-11/h11-15H,2-10H2,1H3. The van der Waals surface area contributed by atoms with E-state index in [0.29, 0.717) is 0 Å². The Morgan fingerprint density at radius 3 is 2.88 bits per heavy atom. The summed E-state index contributed by atoms with van der Waals surface area (Å²) in [5, 5.41) is 4.68. The Hall–Kier alpha value is 0.270. The second-order valence-corrected chi connectivity index (χ2v) is 7.51. The number of rotatable bonds is 4. The summed E-state index contributed by atoms with van der Waals surface area (Å²) in [7, 11) is 0. The van der Waals surface area contributed by atoms with E-state index in [1.54, 1.807) is 0 Å². The molecule has 98 valence electrons. The molecule has 0 aromatic carbocycles. The van der Waals surface area contributed by atoms with Crippen molar-refractivity contribution in [3.05, 3.63) is 0 Å². The molecule has 3 fully saturated rings. The van der Waals surface area contributed by atoms with Crippen molar-refractivity contribution >= 4 is 11.8 Å². The van der Waals surface area contributed by atoms with Crippen LogP contribution < -0.4 is 5.32 Å². The molecule has 2 nitrogen and oxygen atoms in total. The summed E-state index contributed by atoms with van der Waals surface area (Å²) < 4.78 is 0. The lowest BCUT2D eigenvalue weighted by Crippen LogP contribution is -2.54. The summed E-state index contributed by atoms with van der Waals surface area (Å²) in [6.07, 6.45) is 7.32. The summed E-state index contributed by atoms with van der Waals surface area (Å²) in [6, 6.07) is 1.73. The zero-order chi connectivity index (χ0) is 11.7. The molecule has 0 amide bonds. The molecule has 2 saturated carbocycles. The average Bonchev–Trinajstić information content (AvgIpc) is 3.11. The Morgan fingerprint density at radius 2 is 2.12 bits per heavy atom. The first-order valence-corrected chi connectivity index (χ1v) is 8.50. The summed E-state index contributed by atoms with van der Waals surface area (Å²) >= 11 is 2.18. The van der Waals surface area contributed by atoms with Gasteiger partial charge in [-0.05, 0) is 43.8 Å². The van der Waals surface area contributed by atoms with Crippen molar-refractivity contribution in [2.24, 2.45) is 5.92 Å². The molecule has 3 rings (SSSR count). The number of thioether (sulfide) groups is 1. The Bertz CT molecular complexity index is 255. The first kappa shape index (κ1) is 12.3. The van der Waals surface area contributed by atoms with Crippen LogP contribution in [0.2, 0.25) is 0 Å². The number of piperazine rings is 1. The van der Waals surface area contributed by atoms with E-state index < -0.39 is 0 Å². The molecule has 0 aromatic rings. The van der Waals surface area contributed by atoms with Gasteiger partial charge >= 0.3 is 0 Å². The van der Waals surface area contributed by atoms with E-state index in [2.05, 4.69) is 28.9 Å². The van der Waals surface area contributed by atoms with E-state index in [-0.39, 0.29) is 0 Å². The van der Waals surface area contributed by atoms with E-state index in [9.17, 15) is 0 Å². The Kier molecular flexibility index (Phi) is 3.98. The monoisotopic (exact) mass is 254 g/mol. The summed E-state index contributed by atoms with van der Waals surface area (Å²) in [4.78, 5) is 2.80. The van der Waals surface area contributed by atoms with Gasteiger partial charge in [-0.3, -0.25) is 4.90 Å². The van der Waals surface area contributed by atoms with Crippen LogP contribution in [0.25, 0.3) is 0 Å². The zero-order valence-corrected chi connectivity index (χ0v) is 11.8. The molecule has 3 unspecified atom stereocenters. The molecule has 1 aliphatic heterocycles. The van der Waals surface area contributed by atoms with Gasteiger partial charge in [-0.15, -0.1) is 0 Å². The van der Waals surface area contributed by atoms with Gasteiger partial charge in [0.15, 0.2) is 0 Å². The smallest absolute Gasteiger partial charge is 0.0223 e. The van der Waals surface area contributed by atoms with Crippen molar-refractivity contribution in [1.29, 1.82) is 0 Å². The highest BCUT2D eigenvalue weighted by Gasteiger charge is 2.37. The lowest BCUT2D eigenvalue weighted by molar-refractivity contribution is 0.138. The first-order chi connectivity index (χ1) is 8.36. The van der Waals surface area contributed by atoms with Gasteiger partial charge in [-0.25, -0.2) is 0 Å².